The number of aromatic amines is 1. The van der Waals surface area contributed by atoms with Gasteiger partial charge in [0.15, 0.2) is 0 Å². The summed E-state index contributed by atoms with van der Waals surface area (Å²) in [7, 11) is 0. The van der Waals surface area contributed by atoms with Crippen molar-refractivity contribution in [1.82, 2.24) is 9.97 Å². The van der Waals surface area contributed by atoms with Crippen LogP contribution >= 0.6 is 15.9 Å². The molecule has 3 N–H and O–H groups in total. The summed E-state index contributed by atoms with van der Waals surface area (Å²) < 4.78 is 6.57. The van der Waals surface area contributed by atoms with Crippen LogP contribution in [0.2, 0.25) is 0 Å². The lowest BCUT2D eigenvalue weighted by Gasteiger charge is -2.07. The fraction of sp³-hybridized carbons (Fsp3) is 0.133. The van der Waals surface area contributed by atoms with Gasteiger partial charge in [-0.3, -0.25) is 0 Å². The maximum absolute atomic E-state index is 6.00. The number of hydrogen-bond acceptors (Lipinski definition) is 3. The minimum Gasteiger partial charge on any atom is -0.493 e. The fourth-order valence-corrected chi connectivity index (χ4v) is 2.65. The summed E-state index contributed by atoms with van der Waals surface area (Å²) >= 11 is 3.44. The predicted octanol–water partition coefficient (Wildman–Crippen LogP) is 3.97. The van der Waals surface area contributed by atoms with Gasteiger partial charge in [0.05, 0.1) is 23.4 Å². The van der Waals surface area contributed by atoms with E-state index in [1.54, 1.807) is 0 Å². The maximum atomic E-state index is 6.00. The summed E-state index contributed by atoms with van der Waals surface area (Å²) in [6.45, 7) is 2.58. The Morgan fingerprint density at radius 3 is 2.90 bits per heavy atom. The average molecular weight is 332 g/mol. The number of ether oxygens (including phenoxy) is 1. The lowest BCUT2D eigenvalue weighted by Crippen LogP contribution is -1.94. The Morgan fingerprint density at radius 1 is 1.30 bits per heavy atom. The summed E-state index contributed by atoms with van der Waals surface area (Å²) in [5, 5.41) is 0. The van der Waals surface area contributed by atoms with Crippen LogP contribution in [0.15, 0.2) is 40.9 Å². The van der Waals surface area contributed by atoms with E-state index in [1.807, 2.05) is 43.3 Å². The van der Waals surface area contributed by atoms with Crippen LogP contribution in [-0.4, -0.2) is 16.6 Å². The standard InChI is InChI=1S/C15H14BrN3O/c1-2-20-13-6-4-3-5-10(13)15-18-12-8-9(16)7-11(17)14(12)19-15/h3-8H,2,17H2,1H3,(H,18,19). The summed E-state index contributed by atoms with van der Waals surface area (Å²) in [6, 6.07) is 11.6. The highest BCUT2D eigenvalue weighted by molar-refractivity contribution is 9.10. The smallest absolute Gasteiger partial charge is 0.142 e. The van der Waals surface area contributed by atoms with E-state index in [0.29, 0.717) is 12.3 Å². The molecule has 0 radical (unpaired) electrons. The van der Waals surface area contributed by atoms with E-state index in [4.69, 9.17) is 10.5 Å². The summed E-state index contributed by atoms with van der Waals surface area (Å²) in [5.41, 5.74) is 9.25. The topological polar surface area (TPSA) is 63.9 Å². The molecular formula is C15H14BrN3O. The zero-order valence-corrected chi connectivity index (χ0v) is 12.6. The molecule has 0 amide bonds. The Hall–Kier alpha value is -2.01. The van der Waals surface area contributed by atoms with Crippen LogP contribution in [0.5, 0.6) is 5.75 Å². The first-order valence-electron chi connectivity index (χ1n) is 6.36. The Balaban J connectivity index is 2.18. The molecule has 102 valence electrons. The molecule has 0 unspecified atom stereocenters. The Bertz CT molecular complexity index is 767. The molecule has 0 aliphatic heterocycles. The van der Waals surface area contributed by atoms with Crippen LogP contribution in [0.25, 0.3) is 22.4 Å². The summed E-state index contributed by atoms with van der Waals surface area (Å²) in [5.74, 6) is 1.57. The van der Waals surface area contributed by atoms with Crippen molar-refractivity contribution in [2.75, 3.05) is 12.3 Å². The van der Waals surface area contributed by atoms with Crippen LogP contribution in [0.3, 0.4) is 0 Å². The van der Waals surface area contributed by atoms with Crippen LogP contribution < -0.4 is 10.5 Å². The molecule has 1 heterocycles. The Labute approximate surface area is 125 Å². The molecular weight excluding hydrogens is 318 g/mol. The molecule has 0 saturated heterocycles. The van der Waals surface area contributed by atoms with Crippen molar-refractivity contribution >= 4 is 32.7 Å². The van der Waals surface area contributed by atoms with Crippen molar-refractivity contribution in [3.63, 3.8) is 0 Å². The highest BCUT2D eigenvalue weighted by Crippen LogP contribution is 2.32. The second-order valence-electron chi connectivity index (χ2n) is 4.41. The molecule has 0 saturated carbocycles. The number of benzene rings is 2. The van der Waals surface area contributed by atoms with E-state index in [2.05, 4.69) is 25.9 Å². The number of nitrogens with two attached hydrogens (primary N) is 1. The average Bonchev–Trinajstić information content (AvgIpc) is 2.83. The third-order valence-corrected chi connectivity index (χ3v) is 3.48. The van der Waals surface area contributed by atoms with E-state index in [9.17, 15) is 0 Å². The summed E-state index contributed by atoms with van der Waals surface area (Å²) in [4.78, 5) is 7.88. The molecule has 0 fully saturated rings. The van der Waals surface area contributed by atoms with Gasteiger partial charge in [-0.2, -0.15) is 0 Å². The zero-order valence-electron chi connectivity index (χ0n) is 11.0. The van der Waals surface area contributed by atoms with Gasteiger partial charge in [0, 0.05) is 4.47 Å². The van der Waals surface area contributed by atoms with Crippen LogP contribution in [-0.2, 0) is 0 Å². The van der Waals surface area contributed by atoms with Gasteiger partial charge in [-0.15, -0.1) is 0 Å². The molecule has 4 nitrogen and oxygen atoms in total. The van der Waals surface area contributed by atoms with Crippen LogP contribution in [0.4, 0.5) is 5.69 Å². The van der Waals surface area contributed by atoms with Gasteiger partial charge in [0.1, 0.15) is 17.1 Å². The van der Waals surface area contributed by atoms with E-state index in [0.717, 1.165) is 32.6 Å². The first-order chi connectivity index (χ1) is 9.69. The number of aromatic nitrogens is 2. The van der Waals surface area contributed by atoms with Crippen molar-refractivity contribution in [2.45, 2.75) is 6.92 Å². The molecule has 0 aliphatic carbocycles. The number of imidazole rings is 1. The zero-order chi connectivity index (χ0) is 14.1. The van der Waals surface area contributed by atoms with Crippen molar-refractivity contribution in [3.8, 4) is 17.1 Å². The number of anilines is 1. The van der Waals surface area contributed by atoms with Gasteiger partial charge in [-0.1, -0.05) is 28.1 Å². The largest absolute Gasteiger partial charge is 0.493 e. The highest BCUT2D eigenvalue weighted by atomic mass is 79.9. The number of hydrogen-bond donors (Lipinski definition) is 2. The second kappa shape index (κ2) is 5.17. The first-order valence-corrected chi connectivity index (χ1v) is 7.15. The second-order valence-corrected chi connectivity index (χ2v) is 5.32. The lowest BCUT2D eigenvalue weighted by atomic mass is 10.2. The van der Waals surface area contributed by atoms with Gasteiger partial charge >= 0.3 is 0 Å². The number of fused-ring (bicyclic) bond motifs is 1. The van der Waals surface area contributed by atoms with E-state index < -0.39 is 0 Å². The molecule has 2 aromatic carbocycles. The number of nitrogens with one attached hydrogen (secondary N) is 1. The third kappa shape index (κ3) is 2.25. The number of nitrogen functional groups attached to an aromatic ring is 1. The normalized spacial score (nSPS) is 10.9. The highest BCUT2D eigenvalue weighted by Gasteiger charge is 2.12. The molecule has 5 heteroatoms. The number of H-pyrrole nitrogens is 1. The number of para-hydroxylation sites is 1. The Kier molecular flexibility index (Phi) is 3.36. The van der Waals surface area contributed by atoms with Crippen molar-refractivity contribution in [2.24, 2.45) is 0 Å². The Morgan fingerprint density at radius 2 is 2.10 bits per heavy atom. The molecule has 0 aliphatic rings. The van der Waals surface area contributed by atoms with Gasteiger partial charge < -0.3 is 15.5 Å². The van der Waals surface area contributed by atoms with Gasteiger partial charge in [0.2, 0.25) is 0 Å². The molecule has 1 aromatic heterocycles. The predicted molar refractivity (Wildman–Crippen MR) is 84.8 cm³/mol. The molecule has 0 bridgehead atoms. The van der Waals surface area contributed by atoms with Gasteiger partial charge in [-0.25, -0.2) is 4.98 Å². The maximum Gasteiger partial charge on any atom is 0.142 e. The monoisotopic (exact) mass is 331 g/mol. The number of rotatable bonds is 3. The van der Waals surface area contributed by atoms with E-state index >= 15 is 0 Å². The van der Waals surface area contributed by atoms with Gasteiger partial charge in [-0.05, 0) is 31.2 Å². The third-order valence-electron chi connectivity index (χ3n) is 3.02. The van der Waals surface area contributed by atoms with Crippen molar-refractivity contribution in [3.05, 3.63) is 40.9 Å². The van der Waals surface area contributed by atoms with Crippen molar-refractivity contribution in [1.29, 1.82) is 0 Å². The quantitative estimate of drug-likeness (QED) is 0.713. The molecule has 0 spiro atoms. The van der Waals surface area contributed by atoms with E-state index in [1.165, 1.54) is 0 Å². The van der Waals surface area contributed by atoms with Crippen molar-refractivity contribution < 1.29 is 4.74 Å². The minimum absolute atomic E-state index is 0.616. The summed E-state index contributed by atoms with van der Waals surface area (Å²) in [6.07, 6.45) is 0. The van der Waals surface area contributed by atoms with Crippen LogP contribution in [0.1, 0.15) is 6.92 Å². The molecule has 3 aromatic rings. The fourth-order valence-electron chi connectivity index (χ4n) is 2.18. The lowest BCUT2D eigenvalue weighted by molar-refractivity contribution is 0.341. The molecule has 0 atom stereocenters. The van der Waals surface area contributed by atoms with Gasteiger partial charge in [0.25, 0.3) is 0 Å². The first kappa shape index (κ1) is 13.0. The SMILES string of the molecule is CCOc1ccccc1-c1nc2c(N)cc(Br)cc2[nH]1. The molecule has 3 rings (SSSR count). The number of nitrogens with zero attached hydrogens (tertiary/aromatic N) is 1. The van der Waals surface area contributed by atoms with E-state index in [-0.39, 0.29) is 0 Å². The molecule has 20 heavy (non-hydrogen) atoms. The van der Waals surface area contributed by atoms with Crippen LogP contribution in [0, 0.1) is 0 Å². The number of halogens is 1. The minimum atomic E-state index is 0.616.